The van der Waals surface area contributed by atoms with Crippen molar-refractivity contribution in [1.82, 2.24) is 10.2 Å². The van der Waals surface area contributed by atoms with Crippen LogP contribution in [-0.2, 0) is 16.0 Å². The van der Waals surface area contributed by atoms with Gasteiger partial charge in [0.25, 0.3) is 0 Å². The number of carbonyl (C=O) groups is 3. The number of hydrogen-bond donors (Lipinski definition) is 3. The highest BCUT2D eigenvalue weighted by atomic mass is 16.4. The lowest BCUT2D eigenvalue weighted by molar-refractivity contribution is -0.140. The monoisotopic (exact) mass is 502 g/mol. The van der Waals surface area contributed by atoms with Crippen molar-refractivity contribution in [2.24, 2.45) is 5.92 Å². The second-order valence-corrected chi connectivity index (χ2v) is 9.53. The summed E-state index contributed by atoms with van der Waals surface area (Å²) in [5.41, 5.74) is 3.80. The molecule has 2 amide bonds. The molecule has 0 spiro atoms. The summed E-state index contributed by atoms with van der Waals surface area (Å²) in [6, 6.07) is 25.4. The Morgan fingerprint density at radius 1 is 0.811 bits per heavy atom. The first-order chi connectivity index (χ1) is 17.7. The maximum absolute atomic E-state index is 13.2. The number of nitrogens with one attached hydrogen (secondary N) is 1. The van der Waals surface area contributed by atoms with Crippen LogP contribution in [0.15, 0.2) is 84.9 Å². The summed E-state index contributed by atoms with van der Waals surface area (Å²) >= 11 is 0. The molecule has 0 aromatic heterocycles. The third-order valence-electron chi connectivity index (χ3n) is 6.16. The second-order valence-electron chi connectivity index (χ2n) is 9.53. The average Bonchev–Trinajstić information content (AvgIpc) is 2.89. The van der Waals surface area contributed by atoms with Gasteiger partial charge in [-0.25, -0.2) is 9.59 Å². The summed E-state index contributed by atoms with van der Waals surface area (Å²) in [5, 5.41) is 22.0. The maximum atomic E-state index is 13.2. The van der Waals surface area contributed by atoms with E-state index in [1.54, 1.807) is 0 Å². The van der Waals surface area contributed by atoms with Crippen LogP contribution in [0.25, 0.3) is 11.1 Å². The highest BCUT2D eigenvalue weighted by Gasteiger charge is 2.33. The summed E-state index contributed by atoms with van der Waals surface area (Å²) in [4.78, 5) is 38.2. The topological polar surface area (TPSA) is 107 Å². The highest BCUT2D eigenvalue weighted by molar-refractivity contribution is 5.84. The number of aliphatic carboxylic acids is 2. The van der Waals surface area contributed by atoms with Crippen molar-refractivity contribution in [2.75, 3.05) is 13.1 Å². The fourth-order valence-electron chi connectivity index (χ4n) is 4.36. The van der Waals surface area contributed by atoms with Crippen LogP contribution < -0.4 is 5.32 Å². The van der Waals surface area contributed by atoms with E-state index in [0.29, 0.717) is 13.0 Å². The van der Waals surface area contributed by atoms with E-state index < -0.39 is 29.9 Å². The van der Waals surface area contributed by atoms with Crippen molar-refractivity contribution in [3.8, 4) is 11.1 Å². The first-order valence-corrected chi connectivity index (χ1v) is 12.4. The molecule has 0 fully saturated rings. The molecular weight excluding hydrogens is 468 g/mol. The van der Waals surface area contributed by atoms with Crippen molar-refractivity contribution in [2.45, 2.75) is 38.6 Å². The van der Waals surface area contributed by atoms with E-state index in [9.17, 15) is 19.5 Å². The van der Waals surface area contributed by atoms with Crippen molar-refractivity contribution >= 4 is 18.0 Å². The summed E-state index contributed by atoms with van der Waals surface area (Å²) < 4.78 is 0. The molecule has 3 aromatic carbocycles. The van der Waals surface area contributed by atoms with Crippen LogP contribution in [0, 0.1) is 5.92 Å². The molecule has 2 atom stereocenters. The number of carboxylic acids is 2. The Balaban J connectivity index is 1.92. The summed E-state index contributed by atoms with van der Waals surface area (Å²) in [6.45, 7) is 4.16. The number of benzene rings is 3. The number of rotatable bonds is 12. The van der Waals surface area contributed by atoms with Crippen LogP contribution in [0.1, 0.15) is 37.3 Å². The standard InChI is InChI=1S/C30H34N2O5/c1-21(2)20-32(18-17-27(33)34)30(37)31-28(29(35)36)26(19-22-9-5-3-6-10-22)25-15-13-24(14-16-25)23-11-7-4-8-12-23/h3-16,21,26,28H,17-20H2,1-2H3,(H,31,37)(H,33,34)(H,35,36)/t26?,28-/m0/s1. The molecule has 0 heterocycles. The maximum Gasteiger partial charge on any atom is 0.326 e. The van der Waals surface area contributed by atoms with E-state index in [-0.39, 0.29) is 18.9 Å². The first-order valence-electron chi connectivity index (χ1n) is 12.4. The van der Waals surface area contributed by atoms with Gasteiger partial charge in [0.15, 0.2) is 0 Å². The van der Waals surface area contributed by atoms with Crippen molar-refractivity contribution < 1.29 is 24.6 Å². The molecule has 7 nitrogen and oxygen atoms in total. The lowest BCUT2D eigenvalue weighted by Gasteiger charge is -2.30. The van der Waals surface area contributed by atoms with Crippen LogP contribution in [-0.4, -0.2) is 52.2 Å². The van der Waals surface area contributed by atoms with Crippen LogP contribution in [0.2, 0.25) is 0 Å². The normalized spacial score (nSPS) is 12.5. The fraction of sp³-hybridized carbons (Fsp3) is 0.300. The molecule has 0 aliphatic carbocycles. The minimum Gasteiger partial charge on any atom is -0.481 e. The van der Waals surface area contributed by atoms with Gasteiger partial charge in [-0.3, -0.25) is 4.79 Å². The third kappa shape index (κ3) is 8.20. The van der Waals surface area contributed by atoms with Gasteiger partial charge in [0.05, 0.1) is 6.42 Å². The molecule has 194 valence electrons. The van der Waals surface area contributed by atoms with Crippen LogP contribution in [0.5, 0.6) is 0 Å². The number of nitrogens with zero attached hydrogens (tertiary/aromatic N) is 1. The molecule has 7 heteroatoms. The van der Waals surface area contributed by atoms with Gasteiger partial charge in [-0.15, -0.1) is 0 Å². The summed E-state index contributed by atoms with van der Waals surface area (Å²) in [5.74, 6) is -2.62. The van der Waals surface area contributed by atoms with Gasteiger partial charge >= 0.3 is 18.0 Å². The largest absolute Gasteiger partial charge is 0.481 e. The molecular formula is C30H34N2O5. The Bertz CT molecular complexity index is 1160. The van der Waals surface area contributed by atoms with Crippen LogP contribution in [0.4, 0.5) is 4.79 Å². The molecule has 0 radical (unpaired) electrons. The smallest absolute Gasteiger partial charge is 0.326 e. The third-order valence-corrected chi connectivity index (χ3v) is 6.16. The second kappa shape index (κ2) is 13.3. The molecule has 3 aromatic rings. The zero-order chi connectivity index (χ0) is 26.8. The number of carboxylic acid groups (broad SMARTS) is 2. The van der Waals surface area contributed by atoms with E-state index >= 15 is 0 Å². The minimum absolute atomic E-state index is 0.000804. The van der Waals surface area contributed by atoms with Gasteiger partial charge in [-0.2, -0.15) is 0 Å². The Morgan fingerprint density at radius 3 is 1.92 bits per heavy atom. The van der Waals surface area contributed by atoms with E-state index in [1.165, 1.54) is 4.90 Å². The highest BCUT2D eigenvalue weighted by Crippen LogP contribution is 2.28. The SMILES string of the molecule is CC(C)CN(CCC(=O)O)C(=O)N[C@H](C(=O)O)C(Cc1ccccc1)c1ccc(-c2ccccc2)cc1. The molecule has 0 aliphatic rings. The van der Waals surface area contributed by atoms with E-state index in [0.717, 1.165) is 22.3 Å². The lowest BCUT2D eigenvalue weighted by atomic mass is 9.85. The Hall–Kier alpha value is -4.13. The van der Waals surface area contributed by atoms with Crippen molar-refractivity contribution in [3.05, 3.63) is 96.1 Å². The Labute approximate surface area is 217 Å². The molecule has 3 N–H and O–H groups in total. The van der Waals surface area contributed by atoms with Crippen molar-refractivity contribution in [3.63, 3.8) is 0 Å². The molecule has 37 heavy (non-hydrogen) atoms. The van der Waals surface area contributed by atoms with Crippen molar-refractivity contribution in [1.29, 1.82) is 0 Å². The number of urea groups is 1. The number of amides is 2. The quantitative estimate of drug-likeness (QED) is 0.313. The minimum atomic E-state index is -1.21. The number of hydrogen-bond acceptors (Lipinski definition) is 3. The molecule has 3 rings (SSSR count). The van der Waals surface area contributed by atoms with Gasteiger partial charge in [0, 0.05) is 19.0 Å². The zero-order valence-corrected chi connectivity index (χ0v) is 21.2. The Kier molecular flexibility index (Phi) is 9.84. The molecule has 1 unspecified atom stereocenters. The first kappa shape index (κ1) is 27.5. The summed E-state index contributed by atoms with van der Waals surface area (Å²) in [6.07, 6.45) is 0.189. The van der Waals surface area contributed by atoms with Gasteiger partial charge in [0.2, 0.25) is 0 Å². The van der Waals surface area contributed by atoms with E-state index in [2.05, 4.69) is 5.32 Å². The molecule has 0 saturated carbocycles. The average molecular weight is 503 g/mol. The predicted octanol–water partition coefficient (Wildman–Crippen LogP) is 5.28. The van der Waals surface area contributed by atoms with Crippen LogP contribution >= 0.6 is 0 Å². The number of carbonyl (C=O) groups excluding carboxylic acids is 1. The molecule has 0 saturated heterocycles. The van der Waals surface area contributed by atoms with E-state index in [4.69, 9.17) is 5.11 Å². The van der Waals surface area contributed by atoms with Crippen LogP contribution in [0.3, 0.4) is 0 Å². The fourth-order valence-corrected chi connectivity index (χ4v) is 4.36. The lowest BCUT2D eigenvalue weighted by Crippen LogP contribution is -2.52. The van der Waals surface area contributed by atoms with Gasteiger partial charge in [0.1, 0.15) is 6.04 Å². The predicted molar refractivity (Wildman–Crippen MR) is 143 cm³/mol. The summed E-state index contributed by atoms with van der Waals surface area (Å²) in [7, 11) is 0. The van der Waals surface area contributed by atoms with Gasteiger partial charge < -0.3 is 20.4 Å². The zero-order valence-electron chi connectivity index (χ0n) is 21.2. The van der Waals surface area contributed by atoms with Gasteiger partial charge in [-0.1, -0.05) is 98.8 Å². The van der Waals surface area contributed by atoms with Gasteiger partial charge in [-0.05, 0) is 34.6 Å². The van der Waals surface area contributed by atoms with E-state index in [1.807, 2.05) is 98.8 Å². The molecule has 0 aliphatic heterocycles. The molecule has 0 bridgehead atoms. The Morgan fingerprint density at radius 2 is 1.38 bits per heavy atom.